The highest BCUT2D eigenvalue weighted by Gasteiger charge is 2.68. The number of aliphatic hydroxyl groups is 2. The number of ether oxygens (including phenoxy) is 2. The molecule has 2 N–H and O–H groups in total. The summed E-state index contributed by atoms with van der Waals surface area (Å²) in [5.41, 5.74) is 0.278. The predicted octanol–water partition coefficient (Wildman–Crippen LogP) is 2.68. The fourth-order valence-corrected chi connectivity index (χ4v) is 7.98. The number of esters is 2. The average Bonchev–Trinajstić information content (AvgIpc) is 3.29. The summed E-state index contributed by atoms with van der Waals surface area (Å²) < 4.78 is 10.5. The van der Waals surface area contributed by atoms with Gasteiger partial charge in [-0.05, 0) is 73.7 Å². The van der Waals surface area contributed by atoms with Crippen LogP contribution in [0.5, 0.6) is 0 Å². The Kier molecular flexibility index (Phi) is 4.50. The number of carbonyl (C=O) groups is 2. The van der Waals surface area contributed by atoms with Crippen LogP contribution in [-0.2, 0) is 19.1 Å². The highest BCUT2D eigenvalue weighted by atomic mass is 16.5. The molecule has 0 radical (unpaired) electrons. The molecule has 7 atom stereocenters. The number of carbonyl (C=O) groups excluding carboxylic acids is 2. The molecule has 1 heterocycles. The van der Waals surface area contributed by atoms with E-state index in [1.165, 1.54) is 12.7 Å². The quantitative estimate of drug-likeness (QED) is 0.531. The van der Waals surface area contributed by atoms with E-state index in [1.807, 2.05) is 0 Å². The maximum Gasteiger partial charge on any atom is 0.331 e. The van der Waals surface area contributed by atoms with E-state index in [2.05, 4.69) is 13.0 Å². The van der Waals surface area contributed by atoms with Crippen LogP contribution >= 0.6 is 0 Å². The van der Waals surface area contributed by atoms with E-state index in [9.17, 15) is 19.8 Å². The Hall–Kier alpha value is -1.66. The Bertz CT molecular complexity index is 845. The van der Waals surface area contributed by atoms with Crippen LogP contribution in [0.25, 0.3) is 0 Å². The van der Waals surface area contributed by atoms with Crippen molar-refractivity contribution < 1.29 is 29.3 Å². The summed E-state index contributed by atoms with van der Waals surface area (Å²) in [6.45, 7) is 2.69. The van der Waals surface area contributed by atoms with Crippen molar-refractivity contribution >= 4 is 11.9 Å². The normalized spacial score (nSPS) is 47.4. The number of rotatable bonds is 2. The summed E-state index contributed by atoms with van der Waals surface area (Å²) in [5.74, 6) is -0.0543. The Balaban J connectivity index is 1.51. The van der Waals surface area contributed by atoms with Crippen molar-refractivity contribution in [1.82, 2.24) is 0 Å². The van der Waals surface area contributed by atoms with E-state index in [4.69, 9.17) is 9.47 Å². The second kappa shape index (κ2) is 6.67. The van der Waals surface area contributed by atoms with Gasteiger partial charge in [-0.15, -0.1) is 0 Å². The van der Waals surface area contributed by atoms with Gasteiger partial charge in [0, 0.05) is 12.5 Å². The molecular weight excluding hydrogens is 384 g/mol. The molecule has 3 fully saturated rings. The highest BCUT2D eigenvalue weighted by molar-refractivity contribution is 5.85. The standard InChI is InChI=1S/C24H32O6/c1-22-8-7-19-16(18(22)4-3-17(22)14-11-20(26)30-13-14)6-9-23(28)12-15(25)5-10-24(19,23)21(27)29-2/h4,11,15-17,19,25,28H,3,5-10,12-13H2,1-2H3/t15-,16+,17-,19+,22+,23+,24+/m0/s1. The van der Waals surface area contributed by atoms with Gasteiger partial charge in [0.15, 0.2) is 0 Å². The maximum absolute atomic E-state index is 13.2. The minimum absolute atomic E-state index is 0.0183. The summed E-state index contributed by atoms with van der Waals surface area (Å²) in [6.07, 6.45) is 8.62. The number of allylic oxidation sites excluding steroid dienone is 2. The van der Waals surface area contributed by atoms with E-state index in [-0.39, 0.29) is 41.5 Å². The largest absolute Gasteiger partial charge is 0.468 e. The number of hydrogen-bond donors (Lipinski definition) is 2. The lowest BCUT2D eigenvalue weighted by molar-refractivity contribution is -0.225. The summed E-state index contributed by atoms with van der Waals surface area (Å²) in [7, 11) is 1.41. The molecule has 5 rings (SSSR count). The Morgan fingerprint density at radius 3 is 2.73 bits per heavy atom. The Morgan fingerprint density at radius 1 is 1.23 bits per heavy atom. The highest BCUT2D eigenvalue weighted by Crippen LogP contribution is 2.68. The molecule has 0 saturated heterocycles. The van der Waals surface area contributed by atoms with Gasteiger partial charge >= 0.3 is 11.9 Å². The van der Waals surface area contributed by atoms with Crippen LogP contribution in [0.4, 0.5) is 0 Å². The van der Waals surface area contributed by atoms with Crippen molar-refractivity contribution in [2.24, 2.45) is 28.6 Å². The Labute approximate surface area is 177 Å². The average molecular weight is 417 g/mol. The molecule has 0 spiro atoms. The van der Waals surface area contributed by atoms with Gasteiger partial charge < -0.3 is 19.7 Å². The molecule has 1 aliphatic heterocycles. The van der Waals surface area contributed by atoms with Gasteiger partial charge in [0.05, 0.1) is 18.8 Å². The molecule has 0 aromatic rings. The summed E-state index contributed by atoms with van der Waals surface area (Å²) in [5, 5.41) is 21.9. The fourth-order valence-electron chi connectivity index (χ4n) is 7.98. The second-order valence-corrected chi connectivity index (χ2v) is 10.4. The number of methoxy groups -OCH3 is 1. The minimum Gasteiger partial charge on any atom is -0.468 e. The number of aliphatic hydroxyl groups excluding tert-OH is 1. The zero-order valence-electron chi connectivity index (χ0n) is 17.9. The van der Waals surface area contributed by atoms with Crippen molar-refractivity contribution in [2.45, 2.75) is 70.0 Å². The van der Waals surface area contributed by atoms with Crippen LogP contribution in [0, 0.1) is 28.6 Å². The third kappa shape index (κ3) is 2.49. The zero-order valence-corrected chi connectivity index (χ0v) is 17.9. The van der Waals surface area contributed by atoms with Crippen LogP contribution in [0.15, 0.2) is 23.3 Å². The van der Waals surface area contributed by atoms with Crippen molar-refractivity contribution in [3.63, 3.8) is 0 Å². The molecule has 0 amide bonds. The molecule has 6 nitrogen and oxygen atoms in total. The van der Waals surface area contributed by atoms with E-state index in [0.717, 1.165) is 31.3 Å². The van der Waals surface area contributed by atoms with Crippen molar-refractivity contribution in [1.29, 1.82) is 0 Å². The lowest BCUT2D eigenvalue weighted by Crippen LogP contribution is -2.66. The van der Waals surface area contributed by atoms with Gasteiger partial charge in [-0.3, -0.25) is 4.79 Å². The molecule has 3 saturated carbocycles. The molecule has 0 bridgehead atoms. The van der Waals surface area contributed by atoms with E-state index >= 15 is 0 Å². The molecule has 0 aromatic heterocycles. The third-order valence-electron chi connectivity index (χ3n) is 9.32. The van der Waals surface area contributed by atoms with E-state index < -0.39 is 17.1 Å². The van der Waals surface area contributed by atoms with Crippen molar-refractivity contribution in [3.05, 3.63) is 23.3 Å². The molecule has 5 aliphatic rings. The zero-order chi connectivity index (χ0) is 21.3. The topological polar surface area (TPSA) is 93.1 Å². The van der Waals surface area contributed by atoms with E-state index in [1.54, 1.807) is 6.08 Å². The van der Waals surface area contributed by atoms with E-state index in [0.29, 0.717) is 25.9 Å². The van der Waals surface area contributed by atoms with Gasteiger partial charge in [0.25, 0.3) is 0 Å². The van der Waals surface area contributed by atoms with Crippen LogP contribution in [0.1, 0.15) is 58.3 Å². The summed E-state index contributed by atoms with van der Waals surface area (Å²) >= 11 is 0. The molecule has 164 valence electrons. The van der Waals surface area contributed by atoms with Crippen molar-refractivity contribution in [2.75, 3.05) is 13.7 Å². The molecule has 6 heteroatoms. The van der Waals surface area contributed by atoms with Crippen molar-refractivity contribution in [3.8, 4) is 0 Å². The molecule has 0 unspecified atom stereocenters. The first-order valence-corrected chi connectivity index (χ1v) is 11.3. The number of hydrogen-bond acceptors (Lipinski definition) is 6. The monoisotopic (exact) mass is 416 g/mol. The maximum atomic E-state index is 13.2. The van der Waals surface area contributed by atoms with Gasteiger partial charge in [-0.1, -0.05) is 18.6 Å². The van der Waals surface area contributed by atoms with Gasteiger partial charge in [0.2, 0.25) is 0 Å². The molecule has 0 aromatic carbocycles. The van der Waals surface area contributed by atoms with Crippen LogP contribution in [0.2, 0.25) is 0 Å². The SMILES string of the molecule is COC(=O)[C@]12CC[C@H](O)C[C@]1(O)CC[C@@H]1C3=CC[C@@H](C4=CC(=O)OC4)[C@@]3(C)CC[C@H]12. The smallest absolute Gasteiger partial charge is 0.331 e. The first-order chi connectivity index (χ1) is 14.2. The molecule has 30 heavy (non-hydrogen) atoms. The van der Waals surface area contributed by atoms with Gasteiger partial charge in [-0.25, -0.2) is 4.79 Å². The predicted molar refractivity (Wildman–Crippen MR) is 108 cm³/mol. The molecule has 4 aliphatic carbocycles. The molecular formula is C24H32O6. The number of cyclic esters (lactones) is 1. The second-order valence-electron chi connectivity index (χ2n) is 10.4. The summed E-state index contributed by atoms with van der Waals surface area (Å²) in [6, 6.07) is 0. The Morgan fingerprint density at radius 2 is 2.03 bits per heavy atom. The number of fused-ring (bicyclic) bond motifs is 5. The van der Waals surface area contributed by atoms with Gasteiger partial charge in [-0.2, -0.15) is 0 Å². The summed E-state index contributed by atoms with van der Waals surface area (Å²) in [4.78, 5) is 24.9. The first kappa shape index (κ1) is 20.3. The third-order valence-corrected chi connectivity index (χ3v) is 9.32. The first-order valence-electron chi connectivity index (χ1n) is 11.3. The van der Waals surface area contributed by atoms with Crippen LogP contribution in [0.3, 0.4) is 0 Å². The minimum atomic E-state index is -1.21. The van der Waals surface area contributed by atoms with Gasteiger partial charge in [0.1, 0.15) is 12.0 Å². The lowest BCUT2D eigenvalue weighted by atomic mass is 9.43. The van der Waals surface area contributed by atoms with Crippen LogP contribution < -0.4 is 0 Å². The fraction of sp³-hybridized carbons (Fsp3) is 0.750. The van der Waals surface area contributed by atoms with Crippen LogP contribution in [-0.4, -0.2) is 47.6 Å². The lowest BCUT2D eigenvalue weighted by Gasteiger charge is -2.62.